The van der Waals surface area contributed by atoms with Crippen molar-refractivity contribution >= 4 is 39.3 Å². The van der Waals surface area contributed by atoms with Gasteiger partial charge >= 0.3 is 5.97 Å². The SMILES string of the molecule is CS(=O)(=O)Nc1ccccc1C(=O)OCC(=O)NCCSc1ccccc1. The van der Waals surface area contributed by atoms with Gasteiger partial charge in [-0.15, -0.1) is 11.8 Å². The van der Waals surface area contributed by atoms with Gasteiger partial charge < -0.3 is 10.1 Å². The number of hydrogen-bond donors (Lipinski definition) is 2. The summed E-state index contributed by atoms with van der Waals surface area (Å²) in [7, 11) is -3.54. The first-order valence-electron chi connectivity index (χ1n) is 8.03. The van der Waals surface area contributed by atoms with Crippen molar-refractivity contribution in [3.8, 4) is 0 Å². The van der Waals surface area contributed by atoms with Crippen molar-refractivity contribution in [2.75, 3.05) is 29.9 Å². The Hall–Kier alpha value is -2.52. The van der Waals surface area contributed by atoms with Gasteiger partial charge in [-0.2, -0.15) is 0 Å². The lowest BCUT2D eigenvalue weighted by molar-refractivity contribution is -0.124. The molecular formula is C18H20N2O5S2. The Morgan fingerprint density at radius 1 is 1.04 bits per heavy atom. The highest BCUT2D eigenvalue weighted by Crippen LogP contribution is 2.17. The van der Waals surface area contributed by atoms with E-state index in [4.69, 9.17) is 4.74 Å². The maximum Gasteiger partial charge on any atom is 0.340 e. The van der Waals surface area contributed by atoms with Gasteiger partial charge in [-0.05, 0) is 24.3 Å². The molecule has 0 aliphatic heterocycles. The number of carbonyl (C=O) groups excluding carboxylic acids is 2. The normalized spacial score (nSPS) is 10.9. The number of ether oxygens (including phenoxy) is 1. The fourth-order valence-corrected chi connectivity index (χ4v) is 3.45. The van der Waals surface area contributed by atoms with E-state index in [1.807, 2.05) is 30.3 Å². The van der Waals surface area contributed by atoms with Crippen molar-refractivity contribution in [3.05, 3.63) is 60.2 Å². The first kappa shape index (κ1) is 20.8. The summed E-state index contributed by atoms with van der Waals surface area (Å²) in [5.74, 6) is -0.522. The molecule has 1 amide bonds. The lowest BCUT2D eigenvalue weighted by atomic mass is 10.2. The number of esters is 1. The van der Waals surface area contributed by atoms with E-state index < -0.39 is 28.5 Å². The number of benzene rings is 2. The lowest BCUT2D eigenvalue weighted by Crippen LogP contribution is -2.30. The smallest absolute Gasteiger partial charge is 0.340 e. The number of sulfonamides is 1. The zero-order chi connectivity index (χ0) is 19.7. The number of carbonyl (C=O) groups is 2. The van der Waals surface area contributed by atoms with Crippen molar-refractivity contribution in [2.24, 2.45) is 0 Å². The van der Waals surface area contributed by atoms with Crippen molar-refractivity contribution < 1.29 is 22.7 Å². The number of hydrogen-bond acceptors (Lipinski definition) is 6. The summed E-state index contributed by atoms with van der Waals surface area (Å²) in [6.07, 6.45) is 0.982. The Bertz CT molecular complexity index is 886. The monoisotopic (exact) mass is 408 g/mol. The molecule has 0 saturated heterocycles. The van der Waals surface area contributed by atoms with Gasteiger partial charge in [-0.3, -0.25) is 9.52 Å². The van der Waals surface area contributed by atoms with Gasteiger partial charge in [-0.25, -0.2) is 13.2 Å². The van der Waals surface area contributed by atoms with Crippen LogP contribution in [0.2, 0.25) is 0 Å². The Morgan fingerprint density at radius 3 is 2.41 bits per heavy atom. The van der Waals surface area contributed by atoms with Crippen LogP contribution in [0.4, 0.5) is 5.69 Å². The van der Waals surface area contributed by atoms with Crippen LogP contribution in [0, 0.1) is 0 Å². The molecule has 2 rings (SSSR count). The second kappa shape index (κ2) is 9.98. The van der Waals surface area contributed by atoms with Crippen LogP contribution >= 0.6 is 11.8 Å². The van der Waals surface area contributed by atoms with Crippen molar-refractivity contribution in [1.82, 2.24) is 5.32 Å². The molecule has 9 heteroatoms. The third kappa shape index (κ3) is 7.71. The maximum absolute atomic E-state index is 12.1. The minimum Gasteiger partial charge on any atom is -0.452 e. The first-order chi connectivity index (χ1) is 12.8. The highest BCUT2D eigenvalue weighted by molar-refractivity contribution is 7.99. The zero-order valence-electron chi connectivity index (χ0n) is 14.7. The Labute approximate surface area is 162 Å². The molecule has 0 heterocycles. The highest BCUT2D eigenvalue weighted by Gasteiger charge is 2.16. The molecule has 0 aliphatic carbocycles. The summed E-state index contributed by atoms with van der Waals surface area (Å²) in [6.45, 7) is -0.00971. The van der Waals surface area contributed by atoms with E-state index in [-0.39, 0.29) is 11.3 Å². The molecule has 2 aromatic carbocycles. The van der Waals surface area contributed by atoms with Crippen LogP contribution in [0.25, 0.3) is 0 Å². The molecule has 0 unspecified atom stereocenters. The number of thioether (sulfide) groups is 1. The molecule has 2 aromatic rings. The molecular weight excluding hydrogens is 388 g/mol. The molecule has 0 aromatic heterocycles. The molecule has 2 N–H and O–H groups in total. The lowest BCUT2D eigenvalue weighted by Gasteiger charge is -2.10. The molecule has 7 nitrogen and oxygen atoms in total. The van der Waals surface area contributed by atoms with E-state index in [1.165, 1.54) is 12.1 Å². The second-order valence-electron chi connectivity index (χ2n) is 5.51. The predicted molar refractivity (Wildman–Crippen MR) is 105 cm³/mol. The van der Waals surface area contributed by atoms with Gasteiger partial charge in [0, 0.05) is 17.2 Å². The van der Waals surface area contributed by atoms with Crippen molar-refractivity contribution in [3.63, 3.8) is 0 Å². The van der Waals surface area contributed by atoms with E-state index in [0.29, 0.717) is 12.3 Å². The number of anilines is 1. The summed E-state index contributed by atoms with van der Waals surface area (Å²) in [4.78, 5) is 25.0. The Kier molecular flexibility index (Phi) is 7.68. The van der Waals surface area contributed by atoms with E-state index >= 15 is 0 Å². The molecule has 0 aliphatic rings. The number of nitrogens with one attached hydrogen (secondary N) is 2. The minimum absolute atomic E-state index is 0.0374. The van der Waals surface area contributed by atoms with Crippen LogP contribution in [0.1, 0.15) is 10.4 Å². The van der Waals surface area contributed by atoms with Crippen molar-refractivity contribution in [1.29, 1.82) is 0 Å². The minimum atomic E-state index is -3.54. The van der Waals surface area contributed by atoms with E-state index in [2.05, 4.69) is 10.0 Å². The van der Waals surface area contributed by atoms with Gasteiger partial charge in [0.15, 0.2) is 6.61 Å². The zero-order valence-corrected chi connectivity index (χ0v) is 16.3. The Morgan fingerprint density at radius 2 is 1.70 bits per heavy atom. The van der Waals surface area contributed by atoms with Gasteiger partial charge in [-0.1, -0.05) is 30.3 Å². The largest absolute Gasteiger partial charge is 0.452 e. The molecule has 27 heavy (non-hydrogen) atoms. The van der Waals surface area contributed by atoms with Gasteiger partial charge in [0.25, 0.3) is 5.91 Å². The predicted octanol–water partition coefficient (Wildman–Crippen LogP) is 2.12. The molecule has 144 valence electrons. The molecule has 0 spiro atoms. The van der Waals surface area contributed by atoms with Crippen LogP contribution in [0.3, 0.4) is 0 Å². The average molecular weight is 409 g/mol. The third-order valence-corrected chi connectivity index (χ3v) is 4.82. The standard InChI is InChI=1S/C18H20N2O5S2/c1-27(23,24)20-16-10-6-5-9-15(16)18(22)25-13-17(21)19-11-12-26-14-7-3-2-4-8-14/h2-10,20H,11-13H2,1H3,(H,19,21). The Balaban J connectivity index is 1.77. The third-order valence-electron chi connectivity index (χ3n) is 3.21. The summed E-state index contributed by atoms with van der Waals surface area (Å²) < 4.78 is 29.9. The van der Waals surface area contributed by atoms with Crippen LogP contribution in [0.15, 0.2) is 59.5 Å². The molecule has 0 saturated carbocycles. The van der Waals surface area contributed by atoms with Gasteiger partial charge in [0.1, 0.15) is 0 Å². The second-order valence-corrected chi connectivity index (χ2v) is 8.42. The number of para-hydroxylation sites is 1. The molecule has 0 atom stereocenters. The van der Waals surface area contributed by atoms with Gasteiger partial charge in [0.2, 0.25) is 10.0 Å². The maximum atomic E-state index is 12.1. The molecule has 0 fully saturated rings. The summed E-state index contributed by atoms with van der Waals surface area (Å²) in [6, 6.07) is 15.8. The highest BCUT2D eigenvalue weighted by atomic mass is 32.2. The molecule has 0 radical (unpaired) electrons. The summed E-state index contributed by atoms with van der Waals surface area (Å²) in [5.41, 5.74) is 0.139. The summed E-state index contributed by atoms with van der Waals surface area (Å²) >= 11 is 1.60. The van der Waals surface area contributed by atoms with Gasteiger partial charge in [0.05, 0.1) is 17.5 Å². The van der Waals surface area contributed by atoms with Crippen LogP contribution in [-0.2, 0) is 19.6 Å². The number of rotatable bonds is 9. The fourth-order valence-electron chi connectivity index (χ4n) is 2.09. The topological polar surface area (TPSA) is 102 Å². The molecule has 0 bridgehead atoms. The average Bonchev–Trinajstić information content (AvgIpc) is 2.63. The van der Waals surface area contributed by atoms with Crippen LogP contribution in [0.5, 0.6) is 0 Å². The summed E-state index contributed by atoms with van der Waals surface area (Å²) in [5, 5.41) is 2.66. The first-order valence-corrected chi connectivity index (χ1v) is 10.9. The fraction of sp³-hybridized carbons (Fsp3) is 0.222. The van der Waals surface area contributed by atoms with E-state index in [0.717, 1.165) is 11.2 Å². The van der Waals surface area contributed by atoms with Crippen LogP contribution in [-0.4, -0.2) is 45.5 Å². The van der Waals surface area contributed by atoms with Crippen molar-refractivity contribution in [2.45, 2.75) is 4.90 Å². The van der Waals surface area contributed by atoms with E-state index in [1.54, 1.807) is 23.9 Å². The number of amides is 1. The quantitative estimate of drug-likeness (QED) is 0.374. The van der Waals surface area contributed by atoms with E-state index in [9.17, 15) is 18.0 Å². The van der Waals surface area contributed by atoms with Crippen LogP contribution < -0.4 is 10.0 Å².